The van der Waals surface area contributed by atoms with E-state index < -0.39 is 0 Å². The van der Waals surface area contributed by atoms with Gasteiger partial charge in [0.15, 0.2) is 0 Å². The van der Waals surface area contributed by atoms with Crippen LogP contribution in [0.5, 0.6) is 0 Å². The Morgan fingerprint density at radius 2 is 2.00 bits per heavy atom. The summed E-state index contributed by atoms with van der Waals surface area (Å²) >= 11 is 0. The van der Waals surface area contributed by atoms with E-state index in [1.54, 1.807) is 24.3 Å². The first-order chi connectivity index (χ1) is 9.16. The summed E-state index contributed by atoms with van der Waals surface area (Å²) in [4.78, 5) is 23.5. The third-order valence-electron chi connectivity index (χ3n) is 3.31. The highest BCUT2D eigenvalue weighted by atomic mass is 16.2. The molecule has 1 aromatic carbocycles. The lowest BCUT2D eigenvalue weighted by atomic mass is 10.1. The molecule has 1 fully saturated rings. The minimum atomic E-state index is -0.228. The van der Waals surface area contributed by atoms with Crippen molar-refractivity contribution in [2.24, 2.45) is 5.92 Å². The minimum Gasteiger partial charge on any atom is -0.350 e. The predicted molar refractivity (Wildman–Crippen MR) is 72.7 cm³/mol. The van der Waals surface area contributed by atoms with Crippen molar-refractivity contribution in [1.29, 1.82) is 0 Å². The van der Waals surface area contributed by atoms with Gasteiger partial charge in [-0.25, -0.2) is 0 Å². The van der Waals surface area contributed by atoms with Crippen LogP contribution >= 0.6 is 0 Å². The van der Waals surface area contributed by atoms with Crippen molar-refractivity contribution < 1.29 is 9.59 Å². The van der Waals surface area contributed by atoms with Crippen molar-refractivity contribution in [2.45, 2.75) is 13.0 Å². The SMILES string of the molecule is CC1CNCC1NC(=O)CNC(=O)c1ccccc1. The molecule has 1 aliphatic rings. The van der Waals surface area contributed by atoms with E-state index in [0.717, 1.165) is 13.1 Å². The second kappa shape index (κ2) is 6.33. The molecule has 5 nitrogen and oxygen atoms in total. The summed E-state index contributed by atoms with van der Waals surface area (Å²) in [5.74, 6) is 0.0481. The zero-order valence-electron chi connectivity index (χ0n) is 11.0. The smallest absolute Gasteiger partial charge is 0.251 e. The average Bonchev–Trinajstić information content (AvgIpc) is 2.82. The second-order valence-electron chi connectivity index (χ2n) is 4.86. The molecule has 1 saturated heterocycles. The minimum absolute atomic E-state index is 0.0109. The molecule has 1 aliphatic heterocycles. The number of hydrogen-bond acceptors (Lipinski definition) is 3. The fraction of sp³-hybridized carbons (Fsp3) is 0.429. The van der Waals surface area contributed by atoms with Gasteiger partial charge in [0.1, 0.15) is 0 Å². The van der Waals surface area contributed by atoms with Crippen LogP contribution < -0.4 is 16.0 Å². The maximum Gasteiger partial charge on any atom is 0.251 e. The summed E-state index contributed by atoms with van der Waals surface area (Å²) in [6.07, 6.45) is 0. The molecule has 0 bridgehead atoms. The van der Waals surface area contributed by atoms with Crippen LogP contribution in [-0.4, -0.2) is 37.5 Å². The van der Waals surface area contributed by atoms with E-state index in [-0.39, 0.29) is 24.4 Å². The molecule has 0 saturated carbocycles. The maximum atomic E-state index is 11.7. The number of rotatable bonds is 4. The highest BCUT2D eigenvalue weighted by Gasteiger charge is 2.24. The maximum absolute atomic E-state index is 11.7. The van der Waals surface area contributed by atoms with Crippen LogP contribution in [0.3, 0.4) is 0 Å². The molecule has 0 radical (unpaired) electrons. The molecule has 2 amide bonds. The fourth-order valence-corrected chi connectivity index (χ4v) is 2.11. The van der Waals surface area contributed by atoms with Crippen molar-refractivity contribution in [3.05, 3.63) is 35.9 Å². The Kier molecular flexibility index (Phi) is 4.52. The molecule has 1 heterocycles. The molecular weight excluding hydrogens is 242 g/mol. The van der Waals surface area contributed by atoms with E-state index in [4.69, 9.17) is 0 Å². The van der Waals surface area contributed by atoms with Gasteiger partial charge < -0.3 is 16.0 Å². The lowest BCUT2D eigenvalue weighted by Gasteiger charge is -2.16. The Bertz CT molecular complexity index is 447. The molecule has 102 valence electrons. The Morgan fingerprint density at radius 1 is 1.26 bits per heavy atom. The first-order valence-electron chi connectivity index (χ1n) is 6.50. The Balaban J connectivity index is 1.76. The first-order valence-corrected chi connectivity index (χ1v) is 6.50. The van der Waals surface area contributed by atoms with E-state index in [1.165, 1.54) is 0 Å². The van der Waals surface area contributed by atoms with Crippen molar-refractivity contribution in [2.75, 3.05) is 19.6 Å². The standard InChI is InChI=1S/C14H19N3O2/c1-10-7-15-8-12(10)17-13(18)9-16-14(19)11-5-3-2-4-6-11/h2-6,10,12,15H,7-9H2,1H3,(H,16,19)(H,17,18). The van der Waals surface area contributed by atoms with E-state index in [1.807, 2.05) is 6.07 Å². The Hall–Kier alpha value is -1.88. The van der Waals surface area contributed by atoms with Crippen molar-refractivity contribution in [3.8, 4) is 0 Å². The largest absolute Gasteiger partial charge is 0.350 e. The van der Waals surface area contributed by atoms with Crippen LogP contribution in [0.4, 0.5) is 0 Å². The van der Waals surface area contributed by atoms with Crippen LogP contribution in [0.25, 0.3) is 0 Å². The normalized spacial score (nSPS) is 21.9. The quantitative estimate of drug-likeness (QED) is 0.722. The summed E-state index contributed by atoms with van der Waals surface area (Å²) < 4.78 is 0. The Morgan fingerprint density at radius 3 is 2.63 bits per heavy atom. The van der Waals surface area contributed by atoms with Crippen LogP contribution in [0.15, 0.2) is 30.3 Å². The highest BCUT2D eigenvalue weighted by molar-refractivity contribution is 5.96. The topological polar surface area (TPSA) is 70.2 Å². The molecule has 0 spiro atoms. The number of nitrogens with one attached hydrogen (secondary N) is 3. The number of carbonyl (C=O) groups excluding carboxylic acids is 2. The zero-order valence-corrected chi connectivity index (χ0v) is 11.0. The average molecular weight is 261 g/mol. The molecule has 0 aromatic heterocycles. The number of benzene rings is 1. The molecular formula is C14H19N3O2. The van der Waals surface area contributed by atoms with Crippen LogP contribution in [0, 0.1) is 5.92 Å². The Labute approximate surface area is 112 Å². The summed E-state index contributed by atoms with van der Waals surface area (Å²) in [7, 11) is 0. The predicted octanol–water partition coefficient (Wildman–Crippen LogP) is 0.141. The van der Waals surface area contributed by atoms with E-state index >= 15 is 0 Å². The van der Waals surface area contributed by atoms with Gasteiger partial charge in [-0.3, -0.25) is 9.59 Å². The third-order valence-corrected chi connectivity index (χ3v) is 3.31. The fourth-order valence-electron chi connectivity index (χ4n) is 2.11. The van der Waals surface area contributed by atoms with Gasteiger partial charge in [0, 0.05) is 18.2 Å². The van der Waals surface area contributed by atoms with Crippen LogP contribution in [0.2, 0.25) is 0 Å². The van der Waals surface area contributed by atoms with E-state index in [9.17, 15) is 9.59 Å². The first kappa shape index (κ1) is 13.5. The van der Waals surface area contributed by atoms with Crippen molar-refractivity contribution in [1.82, 2.24) is 16.0 Å². The van der Waals surface area contributed by atoms with Crippen molar-refractivity contribution >= 4 is 11.8 Å². The van der Waals surface area contributed by atoms with Gasteiger partial charge >= 0.3 is 0 Å². The van der Waals surface area contributed by atoms with Gasteiger partial charge in [-0.1, -0.05) is 25.1 Å². The highest BCUT2D eigenvalue weighted by Crippen LogP contribution is 2.06. The van der Waals surface area contributed by atoms with Gasteiger partial charge in [0.2, 0.25) is 5.91 Å². The van der Waals surface area contributed by atoms with Crippen molar-refractivity contribution in [3.63, 3.8) is 0 Å². The summed E-state index contributed by atoms with van der Waals surface area (Å²) in [5, 5.41) is 8.75. The van der Waals surface area contributed by atoms with Crippen LogP contribution in [0.1, 0.15) is 17.3 Å². The molecule has 1 aromatic rings. The van der Waals surface area contributed by atoms with Gasteiger partial charge in [-0.15, -0.1) is 0 Å². The summed E-state index contributed by atoms with van der Waals surface area (Å²) in [6.45, 7) is 3.81. The van der Waals surface area contributed by atoms with E-state index in [0.29, 0.717) is 11.5 Å². The van der Waals surface area contributed by atoms with Gasteiger partial charge in [-0.2, -0.15) is 0 Å². The lowest BCUT2D eigenvalue weighted by Crippen LogP contribution is -2.44. The third kappa shape index (κ3) is 3.79. The zero-order chi connectivity index (χ0) is 13.7. The molecule has 2 atom stereocenters. The van der Waals surface area contributed by atoms with Gasteiger partial charge in [0.05, 0.1) is 6.54 Å². The molecule has 5 heteroatoms. The molecule has 3 N–H and O–H groups in total. The molecule has 0 aliphatic carbocycles. The monoisotopic (exact) mass is 261 g/mol. The summed E-state index contributed by atoms with van der Waals surface area (Å²) in [5.41, 5.74) is 0.561. The summed E-state index contributed by atoms with van der Waals surface area (Å²) in [6, 6.07) is 9.02. The van der Waals surface area contributed by atoms with Gasteiger partial charge in [-0.05, 0) is 24.6 Å². The van der Waals surface area contributed by atoms with Gasteiger partial charge in [0.25, 0.3) is 5.91 Å². The lowest BCUT2D eigenvalue weighted by molar-refractivity contribution is -0.120. The second-order valence-corrected chi connectivity index (χ2v) is 4.86. The van der Waals surface area contributed by atoms with E-state index in [2.05, 4.69) is 22.9 Å². The number of hydrogen-bond donors (Lipinski definition) is 3. The number of amides is 2. The molecule has 19 heavy (non-hydrogen) atoms. The molecule has 2 unspecified atom stereocenters. The number of carbonyl (C=O) groups is 2. The molecule has 2 rings (SSSR count). The van der Waals surface area contributed by atoms with Crippen LogP contribution in [-0.2, 0) is 4.79 Å².